The number of aliphatic hydroxyl groups is 1. The lowest BCUT2D eigenvalue weighted by Crippen LogP contribution is -1.98. The molecule has 23 heavy (non-hydrogen) atoms. The van der Waals surface area contributed by atoms with E-state index in [1.54, 1.807) is 0 Å². The normalized spacial score (nSPS) is 10.4. The highest BCUT2D eigenvalue weighted by Gasteiger charge is 1.98. The molecular formula is C20H40O3. The third kappa shape index (κ3) is 23.6. The molecule has 0 spiro atoms. The average molecular weight is 329 g/mol. The van der Waals surface area contributed by atoms with Gasteiger partial charge >= 0.3 is 5.97 Å². The quantitative estimate of drug-likeness (QED) is 0.234. The van der Waals surface area contributed by atoms with Crippen LogP contribution in [0, 0.1) is 0 Å². The van der Waals surface area contributed by atoms with Crippen LogP contribution in [-0.4, -0.2) is 25.3 Å². The van der Waals surface area contributed by atoms with Crippen molar-refractivity contribution in [3.8, 4) is 0 Å². The zero-order valence-electron chi connectivity index (χ0n) is 15.8. The summed E-state index contributed by atoms with van der Waals surface area (Å²) >= 11 is 0. The minimum Gasteiger partial charge on any atom is -0.469 e. The molecule has 0 rings (SSSR count). The van der Waals surface area contributed by atoms with E-state index < -0.39 is 0 Å². The molecule has 0 radical (unpaired) electrons. The first kappa shape index (κ1) is 24.4. The number of unbranched alkanes of at least 4 members (excludes halogenated alkanes) is 11. The van der Waals surface area contributed by atoms with Gasteiger partial charge in [-0.25, -0.2) is 0 Å². The van der Waals surface area contributed by atoms with E-state index in [-0.39, 0.29) is 5.97 Å². The van der Waals surface area contributed by atoms with Crippen molar-refractivity contribution >= 4 is 5.97 Å². The predicted molar refractivity (Wildman–Crippen MR) is 99.6 cm³/mol. The predicted octanol–water partition coefficient (Wildman–Crippen LogP) is 5.81. The van der Waals surface area contributed by atoms with Gasteiger partial charge < -0.3 is 9.84 Å². The molecule has 0 aromatic heterocycles. The highest BCUT2D eigenvalue weighted by Crippen LogP contribution is 2.10. The Kier molecular flexibility index (Phi) is 24.9. The van der Waals surface area contributed by atoms with Gasteiger partial charge in [0.2, 0.25) is 0 Å². The number of carbonyl (C=O) groups is 1. The van der Waals surface area contributed by atoms with E-state index in [0.717, 1.165) is 20.0 Å². The lowest BCUT2D eigenvalue weighted by Gasteiger charge is -2.00. The van der Waals surface area contributed by atoms with Gasteiger partial charge in [0.15, 0.2) is 0 Å². The Bertz CT molecular complexity index is 249. The molecular weight excluding hydrogens is 288 g/mol. The van der Waals surface area contributed by atoms with Crippen LogP contribution in [-0.2, 0) is 9.53 Å². The summed E-state index contributed by atoms with van der Waals surface area (Å²) in [4.78, 5) is 10.9. The van der Waals surface area contributed by atoms with Gasteiger partial charge in [-0.3, -0.25) is 4.79 Å². The highest BCUT2D eigenvalue weighted by atomic mass is 16.5. The third-order valence-corrected chi connectivity index (χ3v) is 3.87. The molecule has 0 atom stereocenters. The summed E-state index contributed by atoms with van der Waals surface area (Å²) in [6, 6.07) is 0. The largest absolute Gasteiger partial charge is 0.469 e. The fourth-order valence-corrected chi connectivity index (χ4v) is 2.44. The molecule has 0 amide bonds. The van der Waals surface area contributed by atoms with Crippen molar-refractivity contribution in [3.05, 3.63) is 12.2 Å². The first-order valence-corrected chi connectivity index (χ1v) is 9.47. The summed E-state index contributed by atoms with van der Waals surface area (Å²) in [6.45, 7) is 2.27. The van der Waals surface area contributed by atoms with E-state index in [0.29, 0.717) is 6.42 Å². The molecule has 0 heterocycles. The van der Waals surface area contributed by atoms with E-state index in [4.69, 9.17) is 5.11 Å². The molecule has 0 aromatic rings. The van der Waals surface area contributed by atoms with Gasteiger partial charge in [-0.15, -0.1) is 0 Å². The summed E-state index contributed by atoms with van der Waals surface area (Å²) in [6.07, 6.45) is 22.0. The smallest absolute Gasteiger partial charge is 0.305 e. The topological polar surface area (TPSA) is 46.5 Å². The Hall–Kier alpha value is -0.830. The van der Waals surface area contributed by atoms with Crippen molar-refractivity contribution in [3.63, 3.8) is 0 Å². The maximum Gasteiger partial charge on any atom is 0.305 e. The van der Waals surface area contributed by atoms with Crippen LogP contribution in [0.1, 0.15) is 96.8 Å². The number of allylic oxidation sites excluding steroid dienone is 2. The standard InChI is InChI=1S/C19H36O2.CH4O/c1-3-4-5-6-7-8-9-10-11-12-13-14-15-16-17-18-19(20)21-2;1-2/h10-11H,3-9,12-18H2,1-2H3;2H,1H3. The van der Waals surface area contributed by atoms with Crippen molar-refractivity contribution in [1.82, 2.24) is 0 Å². The number of hydrogen-bond acceptors (Lipinski definition) is 3. The van der Waals surface area contributed by atoms with Gasteiger partial charge in [-0.2, -0.15) is 0 Å². The van der Waals surface area contributed by atoms with E-state index in [9.17, 15) is 4.79 Å². The Morgan fingerprint density at radius 1 is 0.783 bits per heavy atom. The van der Waals surface area contributed by atoms with Gasteiger partial charge in [0.1, 0.15) is 0 Å². The molecule has 138 valence electrons. The Balaban J connectivity index is 0. The minimum absolute atomic E-state index is 0.0763. The van der Waals surface area contributed by atoms with Crippen LogP contribution < -0.4 is 0 Å². The van der Waals surface area contributed by atoms with E-state index in [1.807, 2.05) is 0 Å². The van der Waals surface area contributed by atoms with Gasteiger partial charge in [0, 0.05) is 13.5 Å². The zero-order chi connectivity index (χ0) is 17.6. The molecule has 0 aromatic carbocycles. The summed E-state index contributed by atoms with van der Waals surface area (Å²) in [5, 5.41) is 7.00. The van der Waals surface area contributed by atoms with E-state index >= 15 is 0 Å². The second-order valence-corrected chi connectivity index (χ2v) is 5.91. The lowest BCUT2D eigenvalue weighted by molar-refractivity contribution is -0.140. The van der Waals surface area contributed by atoms with Gasteiger partial charge in [0.25, 0.3) is 0 Å². The monoisotopic (exact) mass is 328 g/mol. The fourth-order valence-electron chi connectivity index (χ4n) is 2.44. The van der Waals surface area contributed by atoms with Crippen LogP contribution in [0.15, 0.2) is 12.2 Å². The van der Waals surface area contributed by atoms with Crippen LogP contribution in [0.25, 0.3) is 0 Å². The molecule has 3 nitrogen and oxygen atoms in total. The van der Waals surface area contributed by atoms with Crippen molar-refractivity contribution in [1.29, 1.82) is 0 Å². The van der Waals surface area contributed by atoms with Crippen LogP contribution >= 0.6 is 0 Å². The molecule has 0 saturated heterocycles. The third-order valence-electron chi connectivity index (χ3n) is 3.87. The van der Waals surface area contributed by atoms with Gasteiger partial charge in [-0.05, 0) is 32.1 Å². The van der Waals surface area contributed by atoms with Crippen molar-refractivity contribution in [2.45, 2.75) is 96.8 Å². The SMILES string of the molecule is CCCCCCCCC=CCCCCCCCC(=O)OC.CO. The van der Waals surface area contributed by atoms with Crippen molar-refractivity contribution in [2.24, 2.45) is 0 Å². The fraction of sp³-hybridized carbons (Fsp3) is 0.850. The first-order chi connectivity index (χ1) is 11.3. The van der Waals surface area contributed by atoms with Crippen LogP contribution in [0.3, 0.4) is 0 Å². The average Bonchev–Trinajstić information content (AvgIpc) is 2.59. The highest BCUT2D eigenvalue weighted by molar-refractivity contribution is 5.68. The molecule has 0 aliphatic heterocycles. The molecule has 0 fully saturated rings. The maximum absolute atomic E-state index is 10.9. The molecule has 0 aliphatic rings. The van der Waals surface area contributed by atoms with Crippen LogP contribution in [0.5, 0.6) is 0 Å². The number of hydrogen-bond donors (Lipinski definition) is 1. The van der Waals surface area contributed by atoms with Gasteiger partial charge in [0.05, 0.1) is 7.11 Å². The Labute approximate surface area is 144 Å². The maximum atomic E-state index is 10.9. The number of aliphatic hydroxyl groups excluding tert-OH is 1. The lowest BCUT2D eigenvalue weighted by atomic mass is 10.1. The van der Waals surface area contributed by atoms with Gasteiger partial charge in [-0.1, -0.05) is 70.4 Å². The molecule has 0 unspecified atom stereocenters. The summed E-state index contributed by atoms with van der Waals surface area (Å²) < 4.78 is 4.62. The summed E-state index contributed by atoms with van der Waals surface area (Å²) in [7, 11) is 2.46. The molecule has 0 saturated carbocycles. The summed E-state index contributed by atoms with van der Waals surface area (Å²) in [5.74, 6) is -0.0763. The van der Waals surface area contributed by atoms with E-state index in [1.165, 1.54) is 77.7 Å². The minimum atomic E-state index is -0.0763. The number of carbonyl (C=O) groups excluding carboxylic acids is 1. The first-order valence-electron chi connectivity index (χ1n) is 9.47. The number of rotatable bonds is 15. The van der Waals surface area contributed by atoms with E-state index in [2.05, 4.69) is 23.8 Å². The number of ether oxygens (including phenoxy) is 1. The van der Waals surface area contributed by atoms with Crippen molar-refractivity contribution < 1.29 is 14.6 Å². The van der Waals surface area contributed by atoms with Crippen LogP contribution in [0.2, 0.25) is 0 Å². The zero-order valence-corrected chi connectivity index (χ0v) is 15.8. The number of methoxy groups -OCH3 is 1. The second kappa shape index (κ2) is 23.4. The van der Waals surface area contributed by atoms with Crippen molar-refractivity contribution in [2.75, 3.05) is 14.2 Å². The second-order valence-electron chi connectivity index (χ2n) is 5.91. The molecule has 3 heteroatoms. The Morgan fingerprint density at radius 3 is 1.70 bits per heavy atom. The molecule has 0 aliphatic carbocycles. The Morgan fingerprint density at radius 2 is 1.22 bits per heavy atom. The molecule has 1 N–H and O–H groups in total. The van der Waals surface area contributed by atoms with Crippen LogP contribution in [0.4, 0.5) is 0 Å². The number of esters is 1. The molecule has 0 bridgehead atoms. The summed E-state index contributed by atoms with van der Waals surface area (Å²) in [5.41, 5.74) is 0.